The van der Waals surface area contributed by atoms with E-state index in [0.29, 0.717) is 5.92 Å². The van der Waals surface area contributed by atoms with Gasteiger partial charge >= 0.3 is 0 Å². The van der Waals surface area contributed by atoms with Crippen LogP contribution >= 0.6 is 0 Å². The summed E-state index contributed by atoms with van der Waals surface area (Å²) >= 11 is 0. The van der Waals surface area contributed by atoms with Crippen LogP contribution in [-0.4, -0.2) is 24.7 Å². The Morgan fingerprint density at radius 2 is 2.06 bits per heavy atom. The van der Waals surface area contributed by atoms with Crippen molar-refractivity contribution in [2.75, 3.05) is 18.0 Å². The van der Waals surface area contributed by atoms with Crippen molar-refractivity contribution in [2.24, 2.45) is 10.9 Å². The molecule has 0 saturated heterocycles. The van der Waals surface area contributed by atoms with Crippen LogP contribution in [0.2, 0.25) is 0 Å². The molecule has 1 aromatic carbocycles. The molecule has 0 bridgehead atoms. The fourth-order valence-electron chi connectivity index (χ4n) is 2.14. The van der Waals surface area contributed by atoms with E-state index in [9.17, 15) is 4.79 Å². The number of hydrogen-bond donors (Lipinski definition) is 0. The first-order valence-corrected chi connectivity index (χ1v) is 6.50. The highest BCUT2D eigenvalue weighted by Crippen LogP contribution is 2.24. The molecule has 1 amide bonds. The predicted molar refractivity (Wildman–Crippen MR) is 75.3 cm³/mol. The lowest BCUT2D eigenvalue weighted by Crippen LogP contribution is -2.34. The van der Waals surface area contributed by atoms with Crippen molar-refractivity contribution >= 4 is 17.3 Å². The van der Waals surface area contributed by atoms with Crippen LogP contribution in [0.5, 0.6) is 0 Å². The molecule has 0 fully saturated rings. The molecule has 0 aliphatic carbocycles. The summed E-state index contributed by atoms with van der Waals surface area (Å²) < 4.78 is 0. The van der Waals surface area contributed by atoms with E-state index in [1.165, 1.54) is 0 Å². The van der Waals surface area contributed by atoms with Crippen LogP contribution in [0, 0.1) is 5.92 Å². The molecule has 0 spiro atoms. The minimum atomic E-state index is 0.0972. The van der Waals surface area contributed by atoms with Crippen molar-refractivity contribution in [3.63, 3.8) is 0 Å². The van der Waals surface area contributed by atoms with Gasteiger partial charge in [-0.2, -0.15) is 0 Å². The normalized spacial score (nSPS) is 15.4. The first-order chi connectivity index (χ1) is 8.59. The van der Waals surface area contributed by atoms with E-state index in [1.807, 2.05) is 36.1 Å². The van der Waals surface area contributed by atoms with Crippen molar-refractivity contribution in [1.82, 2.24) is 0 Å². The van der Waals surface area contributed by atoms with Gasteiger partial charge in [-0.15, -0.1) is 0 Å². The summed E-state index contributed by atoms with van der Waals surface area (Å²) in [6.07, 6.45) is 1.01. The summed E-state index contributed by atoms with van der Waals surface area (Å²) in [4.78, 5) is 18.4. The number of para-hydroxylation sites is 1. The van der Waals surface area contributed by atoms with Gasteiger partial charge in [-0.1, -0.05) is 32.0 Å². The summed E-state index contributed by atoms with van der Waals surface area (Å²) in [5.41, 5.74) is 3.03. The average molecular weight is 244 g/mol. The van der Waals surface area contributed by atoms with E-state index in [1.54, 1.807) is 0 Å². The molecule has 0 radical (unpaired) electrons. The zero-order chi connectivity index (χ0) is 13.1. The quantitative estimate of drug-likeness (QED) is 0.804. The third kappa shape index (κ3) is 2.61. The van der Waals surface area contributed by atoms with Crippen LogP contribution in [0.25, 0.3) is 0 Å². The number of carbonyl (C=O) groups excluding carboxylic acids is 1. The Balaban J connectivity index is 2.35. The highest BCUT2D eigenvalue weighted by atomic mass is 16.2. The third-order valence-corrected chi connectivity index (χ3v) is 3.27. The summed E-state index contributed by atoms with van der Waals surface area (Å²) in [5.74, 6) is 0.690. The Morgan fingerprint density at radius 3 is 2.78 bits per heavy atom. The maximum atomic E-state index is 12.2. The topological polar surface area (TPSA) is 32.7 Å². The summed E-state index contributed by atoms with van der Waals surface area (Å²) in [5, 5.41) is 0. The zero-order valence-electron chi connectivity index (χ0n) is 11.3. The Morgan fingerprint density at radius 1 is 1.33 bits per heavy atom. The first-order valence-electron chi connectivity index (χ1n) is 6.50. The number of fused-ring (bicyclic) bond motifs is 1. The van der Waals surface area contributed by atoms with Crippen LogP contribution < -0.4 is 4.90 Å². The Bertz CT molecular complexity index is 477. The van der Waals surface area contributed by atoms with Crippen molar-refractivity contribution < 1.29 is 4.79 Å². The number of carbonyl (C=O) groups is 1. The van der Waals surface area contributed by atoms with Crippen LogP contribution in [-0.2, 0) is 4.79 Å². The summed E-state index contributed by atoms with van der Waals surface area (Å²) in [7, 11) is 0. The van der Waals surface area contributed by atoms with Crippen molar-refractivity contribution in [1.29, 1.82) is 0 Å². The highest BCUT2D eigenvalue weighted by molar-refractivity contribution is 6.10. The monoisotopic (exact) mass is 244 g/mol. The van der Waals surface area contributed by atoms with Crippen LogP contribution in [0.15, 0.2) is 29.3 Å². The van der Waals surface area contributed by atoms with Crippen molar-refractivity contribution in [2.45, 2.75) is 27.2 Å². The molecule has 0 N–H and O–H groups in total. The Hall–Kier alpha value is -1.64. The number of aliphatic imine (C=N–C) groups is 1. The number of rotatable bonds is 3. The van der Waals surface area contributed by atoms with Crippen molar-refractivity contribution in [3.05, 3.63) is 29.8 Å². The Kier molecular flexibility index (Phi) is 3.80. The van der Waals surface area contributed by atoms with Gasteiger partial charge in [-0.3, -0.25) is 9.79 Å². The lowest BCUT2D eigenvalue weighted by Gasteiger charge is -2.23. The summed E-state index contributed by atoms with van der Waals surface area (Å²) in [6, 6.07) is 8.02. The molecule has 1 aromatic rings. The fraction of sp³-hybridized carbons (Fsp3) is 0.467. The van der Waals surface area contributed by atoms with Gasteiger partial charge in [0.2, 0.25) is 5.91 Å². The molecule has 0 aromatic heterocycles. The van der Waals surface area contributed by atoms with E-state index in [0.717, 1.165) is 29.9 Å². The minimum Gasteiger partial charge on any atom is -0.310 e. The maximum Gasteiger partial charge on any atom is 0.248 e. The molecule has 1 heterocycles. The van der Waals surface area contributed by atoms with E-state index in [2.05, 4.69) is 18.8 Å². The van der Waals surface area contributed by atoms with Gasteiger partial charge < -0.3 is 4.90 Å². The van der Waals surface area contributed by atoms with Crippen LogP contribution in [0.3, 0.4) is 0 Å². The summed E-state index contributed by atoms with van der Waals surface area (Å²) in [6.45, 7) is 7.36. The fourth-order valence-corrected chi connectivity index (χ4v) is 2.14. The molecular formula is C15H20N2O. The average Bonchev–Trinajstić information content (AvgIpc) is 2.47. The lowest BCUT2D eigenvalue weighted by atomic mass is 10.1. The first kappa shape index (κ1) is 12.8. The number of nitrogens with zero attached hydrogens (tertiary/aromatic N) is 2. The van der Waals surface area contributed by atoms with Gasteiger partial charge in [0.25, 0.3) is 0 Å². The second-order valence-electron chi connectivity index (χ2n) is 5.15. The number of anilines is 1. The van der Waals surface area contributed by atoms with Crippen LogP contribution in [0.1, 0.15) is 32.8 Å². The number of benzene rings is 1. The lowest BCUT2D eigenvalue weighted by molar-refractivity contribution is -0.117. The third-order valence-electron chi connectivity index (χ3n) is 3.27. The smallest absolute Gasteiger partial charge is 0.248 e. The molecule has 2 rings (SSSR count). The second kappa shape index (κ2) is 5.34. The van der Waals surface area contributed by atoms with E-state index >= 15 is 0 Å². The highest BCUT2D eigenvalue weighted by Gasteiger charge is 2.22. The van der Waals surface area contributed by atoms with Crippen LogP contribution in [0.4, 0.5) is 5.69 Å². The van der Waals surface area contributed by atoms with Gasteiger partial charge in [0.1, 0.15) is 6.54 Å². The molecule has 3 heteroatoms. The maximum absolute atomic E-state index is 12.2. The van der Waals surface area contributed by atoms with Gasteiger partial charge in [0.15, 0.2) is 0 Å². The number of hydrogen-bond acceptors (Lipinski definition) is 2. The molecule has 1 aliphatic rings. The number of benzodiazepines with no additional fused rings is 1. The van der Waals surface area contributed by atoms with Gasteiger partial charge in [-0.05, 0) is 25.3 Å². The second-order valence-corrected chi connectivity index (χ2v) is 5.15. The standard InChI is InChI=1S/C15H20N2O/c1-11(2)8-9-17-14-7-5-4-6-13(14)12(3)16-10-15(17)18/h4-7,11H,8-10H2,1-3H3. The molecule has 18 heavy (non-hydrogen) atoms. The minimum absolute atomic E-state index is 0.0972. The zero-order valence-corrected chi connectivity index (χ0v) is 11.3. The SMILES string of the molecule is CC1=NCC(=O)N(CCC(C)C)c2ccccc21. The molecule has 96 valence electrons. The van der Waals surface area contributed by atoms with Gasteiger partial charge in [0.05, 0.1) is 5.69 Å². The molecule has 0 unspecified atom stereocenters. The molecule has 0 saturated carbocycles. The molecular weight excluding hydrogens is 224 g/mol. The van der Waals surface area contributed by atoms with E-state index in [4.69, 9.17) is 0 Å². The van der Waals surface area contributed by atoms with E-state index in [-0.39, 0.29) is 12.5 Å². The van der Waals surface area contributed by atoms with E-state index < -0.39 is 0 Å². The van der Waals surface area contributed by atoms with Gasteiger partial charge in [0, 0.05) is 17.8 Å². The molecule has 1 aliphatic heterocycles. The van der Waals surface area contributed by atoms with Gasteiger partial charge in [-0.25, -0.2) is 0 Å². The number of amides is 1. The van der Waals surface area contributed by atoms with Crippen molar-refractivity contribution in [3.8, 4) is 0 Å². The molecule has 3 nitrogen and oxygen atoms in total. The predicted octanol–water partition coefficient (Wildman–Crippen LogP) is 2.89. The largest absolute Gasteiger partial charge is 0.310 e. The molecule has 0 atom stereocenters. The Labute approximate surface area is 109 Å².